The SMILES string of the molecule is c1ccc(-c2nc(-c3ccccc3)nc(-c3cccc4oc5ccc(-c6nc(-c7cccc8c7-c7ccccc7C87c8ccccc8-c8ccccc87)c7ccccc7n6)cc5c34)n2)cc1. The molecule has 0 saturated carbocycles. The number of aromatic nitrogens is 5. The summed E-state index contributed by atoms with van der Waals surface area (Å²) < 4.78 is 6.57. The largest absolute Gasteiger partial charge is 0.456 e. The summed E-state index contributed by atoms with van der Waals surface area (Å²) in [4.78, 5) is 26.0. The molecule has 0 bridgehead atoms. The Hall–Kier alpha value is -8.87. The van der Waals surface area contributed by atoms with Crippen molar-refractivity contribution in [1.29, 1.82) is 0 Å². The number of rotatable bonds is 5. The van der Waals surface area contributed by atoms with Crippen LogP contribution in [0.2, 0.25) is 0 Å². The van der Waals surface area contributed by atoms with Gasteiger partial charge in [0.15, 0.2) is 23.3 Å². The molecule has 1 spiro atoms. The van der Waals surface area contributed by atoms with Gasteiger partial charge in [0.25, 0.3) is 0 Å². The fourth-order valence-corrected chi connectivity index (χ4v) is 10.8. The number of para-hydroxylation sites is 1. The van der Waals surface area contributed by atoms with Crippen molar-refractivity contribution in [2.75, 3.05) is 0 Å². The molecule has 6 heteroatoms. The topological polar surface area (TPSA) is 77.6 Å². The van der Waals surface area contributed by atoms with Crippen LogP contribution >= 0.6 is 0 Å². The number of hydrogen-bond acceptors (Lipinski definition) is 6. The molecular weight excluding hydrogens is 807 g/mol. The lowest BCUT2D eigenvalue weighted by molar-refractivity contribution is 0.669. The Labute approximate surface area is 379 Å². The van der Waals surface area contributed by atoms with Crippen LogP contribution in [0.3, 0.4) is 0 Å². The van der Waals surface area contributed by atoms with Gasteiger partial charge in [-0.1, -0.05) is 182 Å². The lowest BCUT2D eigenvalue weighted by Gasteiger charge is -2.30. The minimum atomic E-state index is -0.464. The summed E-state index contributed by atoms with van der Waals surface area (Å²) in [6, 6.07) is 74.4. The average molecular weight is 842 g/mol. The molecule has 12 aromatic rings. The molecule has 0 N–H and O–H groups in total. The maximum atomic E-state index is 6.57. The van der Waals surface area contributed by atoms with Crippen LogP contribution in [-0.4, -0.2) is 24.9 Å². The molecule has 0 aliphatic heterocycles. The Bertz CT molecular complexity index is 3850. The predicted molar refractivity (Wildman–Crippen MR) is 264 cm³/mol. The van der Waals surface area contributed by atoms with E-state index in [1.165, 1.54) is 44.5 Å². The van der Waals surface area contributed by atoms with Crippen LogP contribution in [0.25, 0.3) is 112 Å². The molecule has 0 amide bonds. The molecule has 2 aliphatic carbocycles. The van der Waals surface area contributed by atoms with Gasteiger partial charge in [0, 0.05) is 44.0 Å². The first-order valence-electron chi connectivity index (χ1n) is 22.3. The quantitative estimate of drug-likeness (QED) is 0.172. The van der Waals surface area contributed by atoms with Crippen LogP contribution < -0.4 is 0 Å². The molecule has 3 aromatic heterocycles. The fraction of sp³-hybridized carbons (Fsp3) is 0.0167. The van der Waals surface area contributed by atoms with Crippen molar-refractivity contribution >= 4 is 32.8 Å². The van der Waals surface area contributed by atoms with Gasteiger partial charge in [0.05, 0.1) is 16.6 Å². The van der Waals surface area contributed by atoms with Gasteiger partial charge in [0.2, 0.25) is 0 Å². The van der Waals surface area contributed by atoms with Crippen molar-refractivity contribution in [1.82, 2.24) is 24.9 Å². The number of nitrogens with zero attached hydrogens (tertiary/aromatic N) is 5. The second-order valence-electron chi connectivity index (χ2n) is 17.1. The van der Waals surface area contributed by atoms with Crippen molar-refractivity contribution in [2.45, 2.75) is 5.41 Å². The molecule has 3 heterocycles. The van der Waals surface area contributed by atoms with Crippen molar-refractivity contribution in [3.05, 3.63) is 235 Å². The van der Waals surface area contributed by atoms with Crippen LogP contribution in [0.4, 0.5) is 0 Å². The van der Waals surface area contributed by atoms with Crippen LogP contribution in [-0.2, 0) is 5.41 Å². The van der Waals surface area contributed by atoms with E-state index in [0.29, 0.717) is 23.3 Å². The number of hydrogen-bond donors (Lipinski definition) is 0. The third-order valence-corrected chi connectivity index (χ3v) is 13.6. The Balaban J connectivity index is 0.975. The highest BCUT2D eigenvalue weighted by Gasteiger charge is 2.52. The number of benzene rings is 9. The van der Waals surface area contributed by atoms with Crippen molar-refractivity contribution in [3.63, 3.8) is 0 Å². The summed E-state index contributed by atoms with van der Waals surface area (Å²) in [6.07, 6.45) is 0. The molecule has 66 heavy (non-hydrogen) atoms. The van der Waals surface area contributed by atoms with E-state index in [4.69, 9.17) is 29.3 Å². The van der Waals surface area contributed by atoms with Gasteiger partial charge in [0.1, 0.15) is 11.2 Å². The second kappa shape index (κ2) is 14.1. The molecule has 0 saturated heterocycles. The number of furan rings is 1. The minimum Gasteiger partial charge on any atom is -0.456 e. The van der Waals surface area contributed by atoms with E-state index in [9.17, 15) is 0 Å². The summed E-state index contributed by atoms with van der Waals surface area (Å²) in [7, 11) is 0. The minimum absolute atomic E-state index is 0.464. The van der Waals surface area contributed by atoms with E-state index in [1.807, 2.05) is 78.9 Å². The standard InChI is InChI=1S/C60H35N5O/c1-3-17-36(18-4-1)56-63-57(37-19-5-2-6-20-37)65-59(64-56)44-26-16-32-52-54(44)45-35-38(33-34-51(45)66-52)58-61-50-31-14-10-24-42(50)55(62-58)43-25-15-30-49-53(43)41-23-9-13-29-48(41)60(49)46-27-11-7-21-39(46)40-22-8-12-28-47(40)60/h1-35H. The van der Waals surface area contributed by atoms with E-state index in [1.54, 1.807) is 0 Å². The van der Waals surface area contributed by atoms with Gasteiger partial charge in [-0.3, -0.25) is 0 Å². The maximum Gasteiger partial charge on any atom is 0.164 e. The zero-order valence-electron chi connectivity index (χ0n) is 35.4. The molecule has 2 aliphatic rings. The van der Waals surface area contributed by atoms with Gasteiger partial charge in [-0.05, 0) is 74.8 Å². The normalized spacial score (nSPS) is 13.0. The highest BCUT2D eigenvalue weighted by Crippen LogP contribution is 2.64. The monoisotopic (exact) mass is 841 g/mol. The Morgan fingerprint density at radius 3 is 1.56 bits per heavy atom. The molecule has 0 unspecified atom stereocenters. The third-order valence-electron chi connectivity index (χ3n) is 13.6. The van der Waals surface area contributed by atoms with Crippen LogP contribution in [0.15, 0.2) is 217 Å². The summed E-state index contributed by atoms with van der Waals surface area (Å²) in [5.41, 5.74) is 17.6. The zero-order chi connectivity index (χ0) is 43.3. The summed E-state index contributed by atoms with van der Waals surface area (Å²) in [5.74, 6) is 2.40. The van der Waals surface area contributed by atoms with Crippen LogP contribution in [0.5, 0.6) is 0 Å². The van der Waals surface area contributed by atoms with Crippen LogP contribution in [0.1, 0.15) is 22.3 Å². The van der Waals surface area contributed by atoms with Crippen molar-refractivity contribution < 1.29 is 4.42 Å². The molecule has 14 rings (SSSR count). The Kier molecular flexibility index (Phi) is 7.80. The molecule has 0 radical (unpaired) electrons. The number of fused-ring (bicyclic) bond motifs is 14. The fourth-order valence-electron chi connectivity index (χ4n) is 10.8. The molecule has 6 nitrogen and oxygen atoms in total. The van der Waals surface area contributed by atoms with E-state index in [2.05, 4.69) is 133 Å². The van der Waals surface area contributed by atoms with E-state index < -0.39 is 5.41 Å². The lowest BCUT2D eigenvalue weighted by atomic mass is 9.70. The molecule has 0 atom stereocenters. The maximum absolute atomic E-state index is 6.57. The first-order chi connectivity index (χ1) is 32.7. The first-order valence-corrected chi connectivity index (χ1v) is 22.3. The average Bonchev–Trinajstić information content (AvgIpc) is 4.03. The second-order valence-corrected chi connectivity index (χ2v) is 17.1. The first kappa shape index (κ1) is 36.6. The van der Waals surface area contributed by atoms with Gasteiger partial charge in [-0.15, -0.1) is 0 Å². The van der Waals surface area contributed by atoms with Crippen molar-refractivity contribution in [2.24, 2.45) is 0 Å². The van der Waals surface area contributed by atoms with Gasteiger partial charge in [-0.25, -0.2) is 24.9 Å². The highest BCUT2D eigenvalue weighted by molar-refractivity contribution is 6.13. The Morgan fingerprint density at radius 1 is 0.318 bits per heavy atom. The van der Waals surface area contributed by atoms with E-state index in [-0.39, 0.29) is 0 Å². The molecule has 9 aromatic carbocycles. The van der Waals surface area contributed by atoms with Crippen LogP contribution in [0, 0.1) is 0 Å². The third kappa shape index (κ3) is 5.21. The lowest BCUT2D eigenvalue weighted by Crippen LogP contribution is -2.25. The Morgan fingerprint density at radius 2 is 0.848 bits per heavy atom. The molecule has 306 valence electrons. The van der Waals surface area contributed by atoms with E-state index >= 15 is 0 Å². The predicted octanol–water partition coefficient (Wildman–Crippen LogP) is 14.4. The summed E-state index contributed by atoms with van der Waals surface area (Å²) >= 11 is 0. The van der Waals surface area contributed by atoms with E-state index in [0.717, 1.165) is 66.4 Å². The smallest absolute Gasteiger partial charge is 0.164 e. The summed E-state index contributed by atoms with van der Waals surface area (Å²) in [6.45, 7) is 0. The molecular formula is C60H35N5O. The van der Waals surface area contributed by atoms with Crippen molar-refractivity contribution in [3.8, 4) is 79.1 Å². The van der Waals surface area contributed by atoms with Gasteiger partial charge >= 0.3 is 0 Å². The highest BCUT2D eigenvalue weighted by atomic mass is 16.3. The van der Waals surface area contributed by atoms with Gasteiger partial charge in [-0.2, -0.15) is 0 Å². The van der Waals surface area contributed by atoms with Gasteiger partial charge < -0.3 is 4.42 Å². The zero-order valence-corrected chi connectivity index (χ0v) is 35.4. The molecule has 0 fully saturated rings. The summed E-state index contributed by atoms with van der Waals surface area (Å²) in [5, 5.41) is 2.84.